The number of para-hydroxylation sites is 2. The van der Waals surface area contributed by atoms with Crippen LogP contribution in [0.3, 0.4) is 0 Å². The first kappa shape index (κ1) is 21.5. The summed E-state index contributed by atoms with van der Waals surface area (Å²) in [6.07, 6.45) is 2.71. The van der Waals surface area contributed by atoms with Gasteiger partial charge in [-0.25, -0.2) is 0 Å². The summed E-state index contributed by atoms with van der Waals surface area (Å²) >= 11 is 0. The molecule has 0 atom stereocenters. The summed E-state index contributed by atoms with van der Waals surface area (Å²) in [6, 6.07) is 15.4. The van der Waals surface area contributed by atoms with Gasteiger partial charge >= 0.3 is 0 Å². The molecule has 9 heteroatoms. The number of benzene rings is 2. The summed E-state index contributed by atoms with van der Waals surface area (Å²) < 4.78 is 55.6. The van der Waals surface area contributed by atoms with E-state index in [1.54, 1.807) is 0 Å². The van der Waals surface area contributed by atoms with E-state index in [0.717, 1.165) is 46.2 Å². The van der Waals surface area contributed by atoms with Gasteiger partial charge in [-0.05, 0) is 36.1 Å². The fourth-order valence-corrected chi connectivity index (χ4v) is 4.11. The van der Waals surface area contributed by atoms with E-state index in [1.165, 1.54) is 0 Å². The Morgan fingerprint density at radius 1 is 0.690 bits per heavy atom. The Morgan fingerprint density at radius 2 is 1.07 bits per heavy atom. The van der Waals surface area contributed by atoms with Crippen molar-refractivity contribution in [3.63, 3.8) is 0 Å². The maximum absolute atomic E-state index is 11.4. The van der Waals surface area contributed by atoms with Gasteiger partial charge in [-0.15, -0.1) is 0 Å². The Balaban J connectivity index is 2.08. The van der Waals surface area contributed by atoms with Gasteiger partial charge in [0, 0.05) is 22.5 Å². The zero-order chi connectivity index (χ0) is 21.1. The molecule has 2 aromatic rings. The van der Waals surface area contributed by atoms with E-state index in [-0.39, 0.29) is 13.2 Å². The minimum atomic E-state index is -3.57. The van der Waals surface area contributed by atoms with Crippen LogP contribution in [0.1, 0.15) is 24.0 Å². The smallest absolute Gasteiger partial charge is 0.264 e. The minimum Gasteiger partial charge on any atom is -0.355 e. The van der Waals surface area contributed by atoms with Gasteiger partial charge in [-0.3, -0.25) is 8.37 Å². The molecule has 29 heavy (non-hydrogen) atoms. The lowest BCUT2D eigenvalue weighted by Crippen LogP contribution is -2.07. The van der Waals surface area contributed by atoms with Crippen molar-refractivity contribution in [3.05, 3.63) is 59.7 Å². The van der Waals surface area contributed by atoms with Crippen LogP contribution in [0.25, 0.3) is 11.1 Å². The van der Waals surface area contributed by atoms with E-state index < -0.39 is 20.2 Å². The second-order valence-corrected chi connectivity index (χ2v) is 10.0. The Labute approximate surface area is 171 Å². The van der Waals surface area contributed by atoms with Crippen LogP contribution in [0, 0.1) is 0 Å². The van der Waals surface area contributed by atoms with Crippen LogP contribution >= 0.6 is 0 Å². The first-order valence-electron chi connectivity index (χ1n) is 9.01. The molecule has 1 heterocycles. The molecule has 0 spiro atoms. The van der Waals surface area contributed by atoms with Gasteiger partial charge in [0.15, 0.2) is 0 Å². The number of hydrogen-bond donors (Lipinski definition) is 1. The average molecular weight is 438 g/mol. The molecular formula is C20H23NO6S2. The lowest BCUT2D eigenvalue weighted by atomic mass is 9.91. The lowest BCUT2D eigenvalue weighted by Gasteiger charge is -2.16. The molecule has 0 fully saturated rings. The van der Waals surface area contributed by atoms with Crippen LogP contribution in [0.15, 0.2) is 48.5 Å². The van der Waals surface area contributed by atoms with E-state index in [1.807, 2.05) is 48.5 Å². The summed E-state index contributed by atoms with van der Waals surface area (Å²) in [5.74, 6) is 0. The Kier molecular flexibility index (Phi) is 6.42. The van der Waals surface area contributed by atoms with Crippen molar-refractivity contribution in [3.8, 4) is 0 Å². The van der Waals surface area contributed by atoms with Gasteiger partial charge < -0.3 is 5.32 Å². The molecule has 0 radical (unpaired) electrons. The topological polar surface area (TPSA) is 98.8 Å². The second kappa shape index (κ2) is 8.66. The zero-order valence-electron chi connectivity index (χ0n) is 16.2. The summed E-state index contributed by atoms with van der Waals surface area (Å²) in [5, 5.41) is 3.42. The zero-order valence-corrected chi connectivity index (χ0v) is 17.8. The third kappa shape index (κ3) is 5.89. The van der Waals surface area contributed by atoms with Gasteiger partial charge in [0.1, 0.15) is 0 Å². The van der Waals surface area contributed by atoms with E-state index in [9.17, 15) is 16.8 Å². The molecule has 7 nitrogen and oxygen atoms in total. The van der Waals surface area contributed by atoms with Gasteiger partial charge in [0.2, 0.25) is 0 Å². The minimum absolute atomic E-state index is 0.0128. The quantitative estimate of drug-likeness (QED) is 0.632. The van der Waals surface area contributed by atoms with Crippen LogP contribution in [0.5, 0.6) is 0 Å². The maximum atomic E-state index is 11.4. The standard InChI is InChI=1S/C20H23NO6S2/c1-28(22,23)26-13-11-15-16(12-14-27-29(2,24)25)18-8-4-6-10-20(18)21-19-9-5-3-7-17(15)19/h3-10,21H,11-14H2,1-2H3. The van der Waals surface area contributed by atoms with Crippen molar-refractivity contribution in [1.29, 1.82) is 0 Å². The van der Waals surface area contributed by atoms with E-state index in [2.05, 4.69) is 5.32 Å². The lowest BCUT2D eigenvalue weighted by molar-refractivity contribution is 0.327. The van der Waals surface area contributed by atoms with Crippen LogP contribution in [0.2, 0.25) is 0 Å². The van der Waals surface area contributed by atoms with Crippen LogP contribution < -0.4 is 5.32 Å². The molecule has 0 aromatic heterocycles. The molecule has 0 aliphatic carbocycles. The van der Waals surface area contributed by atoms with E-state index in [0.29, 0.717) is 12.8 Å². The van der Waals surface area contributed by atoms with E-state index >= 15 is 0 Å². The third-order valence-corrected chi connectivity index (χ3v) is 5.63. The SMILES string of the molecule is CS(=O)(=O)OCCC1=C(CCOS(C)(=O)=O)c2ccccc2Nc2ccccc21. The molecule has 156 valence electrons. The van der Waals surface area contributed by atoms with E-state index in [4.69, 9.17) is 8.37 Å². The highest BCUT2D eigenvalue weighted by atomic mass is 32.2. The Hall–Kier alpha value is -2.20. The van der Waals surface area contributed by atoms with Gasteiger partial charge in [-0.2, -0.15) is 16.8 Å². The molecule has 1 aliphatic rings. The normalized spacial score (nSPS) is 14.0. The van der Waals surface area contributed by atoms with Crippen molar-refractivity contribution < 1.29 is 25.2 Å². The summed E-state index contributed by atoms with van der Waals surface area (Å²) in [4.78, 5) is 0. The molecule has 0 amide bonds. The highest BCUT2D eigenvalue weighted by Crippen LogP contribution is 2.42. The average Bonchev–Trinajstić information content (AvgIpc) is 2.75. The number of fused-ring (bicyclic) bond motifs is 2. The molecule has 1 aliphatic heterocycles. The fourth-order valence-electron chi connectivity index (χ4n) is 3.34. The van der Waals surface area contributed by atoms with Crippen molar-refractivity contribution in [1.82, 2.24) is 0 Å². The second-order valence-electron chi connectivity index (χ2n) is 6.73. The Morgan fingerprint density at radius 3 is 1.45 bits per heavy atom. The fraction of sp³-hybridized carbons (Fsp3) is 0.300. The first-order chi connectivity index (χ1) is 13.6. The highest BCUT2D eigenvalue weighted by Gasteiger charge is 2.22. The molecule has 2 aromatic carbocycles. The van der Waals surface area contributed by atoms with Crippen molar-refractivity contribution in [2.75, 3.05) is 31.0 Å². The molecule has 0 saturated heterocycles. The van der Waals surface area contributed by atoms with Gasteiger partial charge in [0.25, 0.3) is 20.2 Å². The maximum Gasteiger partial charge on any atom is 0.264 e. The molecular weight excluding hydrogens is 414 g/mol. The van der Waals surface area contributed by atoms with Crippen LogP contribution in [-0.2, 0) is 28.6 Å². The molecule has 1 N–H and O–H groups in total. The highest BCUT2D eigenvalue weighted by molar-refractivity contribution is 7.86. The molecule has 0 saturated carbocycles. The number of rotatable bonds is 8. The monoisotopic (exact) mass is 437 g/mol. The summed E-state index contributed by atoms with van der Waals surface area (Å²) in [7, 11) is -7.14. The number of anilines is 2. The van der Waals surface area contributed by atoms with Crippen molar-refractivity contribution >= 4 is 42.8 Å². The molecule has 0 unspecified atom stereocenters. The molecule has 0 bridgehead atoms. The summed E-state index contributed by atoms with van der Waals surface area (Å²) in [5.41, 5.74) is 5.37. The largest absolute Gasteiger partial charge is 0.355 e. The number of nitrogens with one attached hydrogen (secondary N) is 1. The van der Waals surface area contributed by atoms with Crippen molar-refractivity contribution in [2.45, 2.75) is 12.8 Å². The van der Waals surface area contributed by atoms with Crippen molar-refractivity contribution in [2.24, 2.45) is 0 Å². The Bertz CT molecular complexity index is 1050. The predicted molar refractivity (Wildman–Crippen MR) is 114 cm³/mol. The predicted octanol–water partition coefficient (Wildman–Crippen LogP) is 3.39. The van der Waals surface area contributed by atoms with Gasteiger partial charge in [0.05, 0.1) is 25.7 Å². The third-order valence-electron chi connectivity index (χ3n) is 4.44. The summed E-state index contributed by atoms with van der Waals surface area (Å²) in [6.45, 7) is -0.0256. The molecule has 3 rings (SSSR count). The number of hydrogen-bond acceptors (Lipinski definition) is 7. The van der Waals surface area contributed by atoms with Crippen LogP contribution in [0.4, 0.5) is 11.4 Å². The van der Waals surface area contributed by atoms with Gasteiger partial charge in [-0.1, -0.05) is 36.4 Å². The first-order valence-corrected chi connectivity index (χ1v) is 12.6. The van der Waals surface area contributed by atoms with Crippen LogP contribution in [-0.4, -0.2) is 42.6 Å².